The molecule has 0 aromatic heterocycles. The van der Waals surface area contributed by atoms with Gasteiger partial charge in [0.2, 0.25) is 0 Å². The highest BCUT2D eigenvalue weighted by molar-refractivity contribution is 5.28. The normalized spacial score (nSPS) is 20.9. The summed E-state index contributed by atoms with van der Waals surface area (Å²) in [4.78, 5) is 0. The van der Waals surface area contributed by atoms with E-state index < -0.39 is 0 Å². The first-order chi connectivity index (χ1) is 8.79. The van der Waals surface area contributed by atoms with Gasteiger partial charge in [-0.15, -0.1) is 0 Å². The molecule has 18 heavy (non-hydrogen) atoms. The van der Waals surface area contributed by atoms with Crippen LogP contribution in [0, 0.1) is 5.92 Å². The van der Waals surface area contributed by atoms with Crippen LogP contribution in [0.5, 0.6) is 5.75 Å². The largest absolute Gasteiger partial charge is 0.494 e. The number of hydrogen-bond donors (Lipinski definition) is 1. The highest BCUT2D eigenvalue weighted by atomic mass is 16.5. The van der Waals surface area contributed by atoms with Crippen LogP contribution < -0.4 is 10.1 Å². The lowest BCUT2D eigenvalue weighted by Crippen LogP contribution is -2.25. The van der Waals surface area contributed by atoms with E-state index in [4.69, 9.17) is 9.47 Å². The molecule has 0 aliphatic carbocycles. The third-order valence-corrected chi connectivity index (χ3v) is 3.43. The summed E-state index contributed by atoms with van der Waals surface area (Å²) in [5, 5.41) is 3.57. The maximum Gasteiger partial charge on any atom is 0.119 e. The van der Waals surface area contributed by atoms with Crippen molar-refractivity contribution in [3.05, 3.63) is 29.8 Å². The van der Waals surface area contributed by atoms with Gasteiger partial charge >= 0.3 is 0 Å². The number of nitrogens with one attached hydrogen (secondary N) is 1. The smallest absolute Gasteiger partial charge is 0.119 e. The van der Waals surface area contributed by atoms with Gasteiger partial charge in [-0.3, -0.25) is 0 Å². The molecule has 1 aliphatic rings. The van der Waals surface area contributed by atoms with Gasteiger partial charge in [0.05, 0.1) is 13.2 Å². The molecule has 1 aromatic rings. The zero-order valence-corrected chi connectivity index (χ0v) is 11.3. The van der Waals surface area contributed by atoms with E-state index in [0.29, 0.717) is 12.0 Å². The molecule has 0 saturated carbocycles. The van der Waals surface area contributed by atoms with Crippen LogP contribution >= 0.6 is 0 Å². The first-order valence-corrected chi connectivity index (χ1v) is 6.83. The highest BCUT2D eigenvalue weighted by Gasteiger charge is 2.16. The van der Waals surface area contributed by atoms with Gasteiger partial charge in [-0.25, -0.2) is 0 Å². The molecule has 0 amide bonds. The van der Waals surface area contributed by atoms with E-state index >= 15 is 0 Å². The Morgan fingerprint density at radius 2 is 2.17 bits per heavy atom. The predicted octanol–water partition coefficient (Wildman–Crippen LogP) is 2.77. The molecule has 2 unspecified atom stereocenters. The molecule has 100 valence electrons. The fourth-order valence-corrected chi connectivity index (χ4v) is 2.23. The second-order valence-electron chi connectivity index (χ2n) is 4.86. The van der Waals surface area contributed by atoms with E-state index in [9.17, 15) is 0 Å². The van der Waals surface area contributed by atoms with Crippen LogP contribution in [0.1, 0.15) is 31.9 Å². The third kappa shape index (κ3) is 3.72. The van der Waals surface area contributed by atoms with Crippen LogP contribution in [0.3, 0.4) is 0 Å². The molecule has 1 N–H and O–H groups in total. The second-order valence-corrected chi connectivity index (χ2v) is 4.86. The Morgan fingerprint density at radius 1 is 1.39 bits per heavy atom. The van der Waals surface area contributed by atoms with Crippen molar-refractivity contribution in [3.8, 4) is 5.75 Å². The standard InChI is InChI=1S/C15H23NO2/c1-3-18-15-6-4-14(5-7-15)12(2)16-10-13-8-9-17-11-13/h4-7,12-13,16H,3,8-11H2,1-2H3. The molecule has 0 radical (unpaired) electrons. The Kier molecular flexibility index (Phi) is 5.02. The van der Waals surface area contributed by atoms with Gasteiger partial charge in [-0.2, -0.15) is 0 Å². The molecular weight excluding hydrogens is 226 g/mol. The minimum Gasteiger partial charge on any atom is -0.494 e. The van der Waals surface area contributed by atoms with Crippen LogP contribution in [-0.4, -0.2) is 26.4 Å². The molecule has 1 aliphatic heterocycles. The van der Waals surface area contributed by atoms with E-state index in [2.05, 4.69) is 24.4 Å². The molecule has 1 aromatic carbocycles. The zero-order valence-electron chi connectivity index (χ0n) is 11.3. The number of benzene rings is 1. The van der Waals surface area contributed by atoms with Crippen molar-refractivity contribution >= 4 is 0 Å². The molecule has 0 spiro atoms. The van der Waals surface area contributed by atoms with E-state index in [1.165, 1.54) is 12.0 Å². The Morgan fingerprint density at radius 3 is 2.78 bits per heavy atom. The van der Waals surface area contributed by atoms with Gasteiger partial charge in [0.1, 0.15) is 5.75 Å². The van der Waals surface area contributed by atoms with Crippen LogP contribution in [0.2, 0.25) is 0 Å². The second kappa shape index (κ2) is 6.76. The SMILES string of the molecule is CCOc1ccc(C(C)NCC2CCOC2)cc1. The Bertz CT molecular complexity index is 344. The lowest BCUT2D eigenvalue weighted by atomic mass is 10.1. The monoisotopic (exact) mass is 249 g/mol. The van der Waals surface area contributed by atoms with Gasteiger partial charge in [-0.05, 0) is 43.9 Å². The minimum atomic E-state index is 0.376. The highest BCUT2D eigenvalue weighted by Crippen LogP contribution is 2.18. The van der Waals surface area contributed by atoms with Crippen molar-refractivity contribution in [2.75, 3.05) is 26.4 Å². The Labute approximate surface area is 109 Å². The summed E-state index contributed by atoms with van der Waals surface area (Å²) in [7, 11) is 0. The fraction of sp³-hybridized carbons (Fsp3) is 0.600. The van der Waals surface area contributed by atoms with E-state index in [0.717, 1.165) is 32.1 Å². The van der Waals surface area contributed by atoms with Gasteiger partial charge in [0.25, 0.3) is 0 Å². The Balaban J connectivity index is 1.81. The zero-order chi connectivity index (χ0) is 12.8. The molecule has 3 heteroatoms. The minimum absolute atomic E-state index is 0.376. The quantitative estimate of drug-likeness (QED) is 0.841. The van der Waals surface area contributed by atoms with Crippen molar-refractivity contribution < 1.29 is 9.47 Å². The molecule has 1 fully saturated rings. The van der Waals surface area contributed by atoms with Crippen molar-refractivity contribution in [2.45, 2.75) is 26.3 Å². The summed E-state index contributed by atoms with van der Waals surface area (Å²) >= 11 is 0. The molecule has 1 saturated heterocycles. The first-order valence-electron chi connectivity index (χ1n) is 6.83. The summed E-state index contributed by atoms with van der Waals surface area (Å²) < 4.78 is 10.8. The molecule has 2 rings (SSSR count). The summed E-state index contributed by atoms with van der Waals surface area (Å²) in [5.41, 5.74) is 1.30. The van der Waals surface area contributed by atoms with Crippen molar-refractivity contribution in [2.24, 2.45) is 5.92 Å². The van der Waals surface area contributed by atoms with Crippen LogP contribution in [0.25, 0.3) is 0 Å². The van der Waals surface area contributed by atoms with Gasteiger partial charge in [0, 0.05) is 19.2 Å². The van der Waals surface area contributed by atoms with Gasteiger partial charge < -0.3 is 14.8 Å². The maximum absolute atomic E-state index is 5.44. The van der Waals surface area contributed by atoms with Crippen LogP contribution in [-0.2, 0) is 4.74 Å². The van der Waals surface area contributed by atoms with Crippen molar-refractivity contribution in [1.82, 2.24) is 5.32 Å². The molecular formula is C15H23NO2. The first kappa shape index (κ1) is 13.4. The predicted molar refractivity (Wildman–Crippen MR) is 73.0 cm³/mol. The van der Waals surface area contributed by atoms with Gasteiger partial charge in [0.15, 0.2) is 0 Å². The third-order valence-electron chi connectivity index (χ3n) is 3.43. The fourth-order valence-electron chi connectivity index (χ4n) is 2.23. The lowest BCUT2D eigenvalue weighted by molar-refractivity contribution is 0.184. The maximum atomic E-state index is 5.44. The lowest BCUT2D eigenvalue weighted by Gasteiger charge is -2.17. The average Bonchev–Trinajstić information content (AvgIpc) is 2.90. The van der Waals surface area contributed by atoms with E-state index in [1.807, 2.05) is 19.1 Å². The topological polar surface area (TPSA) is 30.5 Å². The number of ether oxygens (including phenoxy) is 2. The summed E-state index contributed by atoms with van der Waals surface area (Å²) in [6.45, 7) is 7.78. The average molecular weight is 249 g/mol. The summed E-state index contributed by atoms with van der Waals surface area (Å²) in [6.07, 6.45) is 1.18. The number of rotatable bonds is 6. The van der Waals surface area contributed by atoms with Crippen molar-refractivity contribution in [1.29, 1.82) is 0 Å². The van der Waals surface area contributed by atoms with E-state index in [1.54, 1.807) is 0 Å². The Hall–Kier alpha value is -1.06. The summed E-state index contributed by atoms with van der Waals surface area (Å²) in [6, 6.07) is 8.72. The molecule has 1 heterocycles. The summed E-state index contributed by atoms with van der Waals surface area (Å²) in [5.74, 6) is 1.62. The molecule has 0 bridgehead atoms. The number of hydrogen-bond acceptors (Lipinski definition) is 3. The van der Waals surface area contributed by atoms with Crippen LogP contribution in [0.15, 0.2) is 24.3 Å². The van der Waals surface area contributed by atoms with E-state index in [-0.39, 0.29) is 0 Å². The van der Waals surface area contributed by atoms with Gasteiger partial charge in [-0.1, -0.05) is 12.1 Å². The molecule has 3 nitrogen and oxygen atoms in total. The van der Waals surface area contributed by atoms with Crippen LogP contribution in [0.4, 0.5) is 0 Å². The van der Waals surface area contributed by atoms with Crippen molar-refractivity contribution in [3.63, 3.8) is 0 Å². The molecule has 2 atom stereocenters.